The molecule has 0 saturated carbocycles. The van der Waals surface area contributed by atoms with Gasteiger partial charge in [-0.2, -0.15) is 0 Å². The van der Waals surface area contributed by atoms with Gasteiger partial charge in [0.1, 0.15) is 12.7 Å². The zero-order chi connectivity index (χ0) is 31.5. The van der Waals surface area contributed by atoms with Crippen molar-refractivity contribution < 1.29 is 47.8 Å². The molecule has 0 spiro atoms. The van der Waals surface area contributed by atoms with E-state index < -0.39 is 57.6 Å². The Hall–Kier alpha value is -2.04. The van der Waals surface area contributed by atoms with E-state index >= 15 is 0 Å². The molecule has 0 aromatic heterocycles. The Morgan fingerprint density at radius 3 is 1.86 bits per heavy atom. The van der Waals surface area contributed by atoms with Gasteiger partial charge in [0.25, 0.3) is 0 Å². The van der Waals surface area contributed by atoms with Crippen LogP contribution in [0.15, 0.2) is 24.3 Å². The Labute approximate surface area is 251 Å². The maximum atomic E-state index is 11.9. The average Bonchev–Trinajstić information content (AvgIpc) is 2.94. The van der Waals surface area contributed by atoms with E-state index in [-0.39, 0.29) is 6.42 Å². The third-order valence-corrected chi connectivity index (χ3v) is 7.23. The van der Waals surface area contributed by atoms with Crippen molar-refractivity contribution in [3.63, 3.8) is 0 Å². The zero-order valence-electron chi connectivity index (χ0n) is 25.5. The van der Waals surface area contributed by atoms with Crippen LogP contribution < -0.4 is 5.32 Å². The number of phosphoric ester groups is 1. The summed E-state index contributed by atoms with van der Waals surface area (Å²) in [6.07, 6.45) is 25.2. The van der Waals surface area contributed by atoms with E-state index in [1.165, 1.54) is 57.8 Å². The fraction of sp³-hybridized carbons (Fsp3) is 0.767. The summed E-state index contributed by atoms with van der Waals surface area (Å²) in [6, 6.07) is -1.54. The topological polar surface area (TPSA) is 169 Å². The van der Waals surface area contributed by atoms with Crippen LogP contribution in [0.1, 0.15) is 117 Å². The fourth-order valence-electron chi connectivity index (χ4n) is 3.90. The largest absolute Gasteiger partial charge is 0.480 e. The number of aliphatic hydroxyl groups is 1. The first-order valence-electron chi connectivity index (χ1n) is 15.3. The number of unbranched alkanes of at least 4 members (excludes halogenated alkanes) is 12. The predicted octanol–water partition coefficient (Wildman–Crippen LogP) is 5.99. The number of rotatable bonds is 28. The quantitative estimate of drug-likeness (QED) is 0.0353. The van der Waals surface area contributed by atoms with Crippen molar-refractivity contribution >= 4 is 25.7 Å². The minimum atomic E-state index is -4.70. The summed E-state index contributed by atoms with van der Waals surface area (Å²) in [6.45, 7) is 1.40. The minimum absolute atomic E-state index is 0.219. The van der Waals surface area contributed by atoms with Crippen molar-refractivity contribution in [2.75, 3.05) is 19.8 Å². The maximum absolute atomic E-state index is 11.9. The van der Waals surface area contributed by atoms with E-state index in [0.717, 1.165) is 39.0 Å². The lowest BCUT2D eigenvalue weighted by atomic mass is 10.1. The normalized spacial score (nSPS) is 14.6. The lowest BCUT2D eigenvalue weighted by molar-refractivity contribution is -0.147. The molecule has 3 unspecified atom stereocenters. The van der Waals surface area contributed by atoms with Gasteiger partial charge in [-0.3, -0.25) is 18.6 Å². The lowest BCUT2D eigenvalue weighted by Crippen LogP contribution is -2.42. The number of aliphatic carboxylic acids is 1. The summed E-state index contributed by atoms with van der Waals surface area (Å²) >= 11 is 0. The van der Waals surface area contributed by atoms with Crippen LogP contribution in [-0.2, 0) is 32.7 Å². The lowest BCUT2D eigenvalue weighted by Gasteiger charge is -2.18. The number of hydrogen-bond donors (Lipinski definition) is 4. The van der Waals surface area contributed by atoms with Crippen molar-refractivity contribution in [2.45, 2.75) is 129 Å². The van der Waals surface area contributed by atoms with E-state index in [2.05, 4.69) is 40.3 Å². The Kier molecular flexibility index (Phi) is 25.3. The van der Waals surface area contributed by atoms with Gasteiger partial charge in [-0.25, -0.2) is 9.36 Å². The molecule has 12 heteroatoms. The van der Waals surface area contributed by atoms with Crippen LogP contribution in [0.3, 0.4) is 0 Å². The number of esters is 1. The maximum Gasteiger partial charge on any atom is 0.472 e. The molecule has 11 nitrogen and oxygen atoms in total. The van der Waals surface area contributed by atoms with Crippen LogP contribution in [-0.4, -0.2) is 64.9 Å². The third kappa shape index (κ3) is 26.8. The number of carbonyl (C=O) groups is 3. The summed E-state index contributed by atoms with van der Waals surface area (Å²) in [5.41, 5.74) is 0. The Bertz CT molecular complexity index is 833. The van der Waals surface area contributed by atoms with E-state index in [1.807, 2.05) is 5.32 Å². The first kappa shape index (κ1) is 40.0. The highest BCUT2D eigenvalue weighted by Gasteiger charge is 2.28. The summed E-state index contributed by atoms with van der Waals surface area (Å²) in [5.74, 6) is -2.60. The SMILES string of the molecule is CCCCC/C=C\C/C=C\CCCCCCCCCCCC(=O)OCC(O)COP(=O)(O)OCC(NC(C)=O)C(=O)O. The van der Waals surface area contributed by atoms with Gasteiger partial charge in [-0.05, 0) is 38.5 Å². The second-order valence-corrected chi connectivity index (χ2v) is 11.8. The Balaban J connectivity index is 3.68. The molecule has 0 aromatic carbocycles. The second kappa shape index (κ2) is 26.6. The minimum Gasteiger partial charge on any atom is -0.480 e. The monoisotopic (exact) mass is 619 g/mol. The fourth-order valence-corrected chi connectivity index (χ4v) is 4.68. The van der Waals surface area contributed by atoms with Crippen molar-refractivity contribution in [1.82, 2.24) is 5.32 Å². The van der Waals surface area contributed by atoms with Crippen molar-refractivity contribution in [2.24, 2.45) is 0 Å². The van der Waals surface area contributed by atoms with E-state index in [1.54, 1.807) is 0 Å². The van der Waals surface area contributed by atoms with E-state index in [9.17, 15) is 28.9 Å². The van der Waals surface area contributed by atoms with E-state index in [0.29, 0.717) is 6.42 Å². The molecule has 4 N–H and O–H groups in total. The zero-order valence-corrected chi connectivity index (χ0v) is 26.4. The van der Waals surface area contributed by atoms with Crippen LogP contribution in [0.5, 0.6) is 0 Å². The second-order valence-electron chi connectivity index (χ2n) is 10.4. The molecule has 0 bridgehead atoms. The molecule has 0 rings (SSSR count). The van der Waals surface area contributed by atoms with Gasteiger partial charge in [-0.15, -0.1) is 0 Å². The third-order valence-electron chi connectivity index (χ3n) is 6.28. The number of aliphatic hydroxyl groups excluding tert-OH is 1. The number of hydrogen-bond acceptors (Lipinski definition) is 8. The van der Waals surface area contributed by atoms with Gasteiger partial charge in [-0.1, -0.05) is 89.0 Å². The molecule has 0 aliphatic rings. The van der Waals surface area contributed by atoms with Crippen LogP contribution in [0.25, 0.3) is 0 Å². The average molecular weight is 620 g/mol. The summed E-state index contributed by atoms with van der Waals surface area (Å²) in [5, 5.41) is 20.8. The van der Waals surface area contributed by atoms with Gasteiger partial charge in [0, 0.05) is 13.3 Å². The molecule has 1 amide bonds. The highest BCUT2D eigenvalue weighted by atomic mass is 31.2. The highest BCUT2D eigenvalue weighted by molar-refractivity contribution is 7.47. The molecule has 0 fully saturated rings. The number of amides is 1. The molecular formula is C30H54NO10P. The molecular weight excluding hydrogens is 565 g/mol. The molecule has 244 valence electrons. The number of nitrogens with one attached hydrogen (secondary N) is 1. The summed E-state index contributed by atoms with van der Waals surface area (Å²) < 4.78 is 26.0. The van der Waals surface area contributed by atoms with Gasteiger partial charge in [0.15, 0.2) is 6.04 Å². The summed E-state index contributed by atoms with van der Waals surface area (Å²) in [7, 11) is -4.70. The van der Waals surface area contributed by atoms with Gasteiger partial charge in [0.05, 0.1) is 13.2 Å². The molecule has 42 heavy (non-hydrogen) atoms. The standard InChI is InChI=1S/C30H54NO10P/c1-3-4-5-6-7-8-9-10-11-12-13-14-15-16-17-18-19-20-21-22-29(34)39-23-27(33)24-40-42(37,38)41-25-28(30(35)36)31-26(2)32/h7-8,10-11,27-28,33H,3-6,9,12-25H2,1-2H3,(H,31,32)(H,35,36)(H,37,38)/b8-7-,11-10-. The van der Waals surface area contributed by atoms with Crippen molar-refractivity contribution in [1.29, 1.82) is 0 Å². The number of carbonyl (C=O) groups excluding carboxylic acids is 2. The molecule has 3 atom stereocenters. The van der Waals surface area contributed by atoms with Crippen LogP contribution >= 0.6 is 7.82 Å². The molecule has 0 radical (unpaired) electrons. The van der Waals surface area contributed by atoms with Crippen LogP contribution in [0.2, 0.25) is 0 Å². The van der Waals surface area contributed by atoms with Gasteiger partial charge in [0.2, 0.25) is 5.91 Å². The number of carboxylic acids is 1. The number of allylic oxidation sites excluding steroid dienone is 4. The number of carboxylic acid groups (broad SMARTS) is 1. The molecule has 0 heterocycles. The molecule has 0 aliphatic carbocycles. The Morgan fingerprint density at radius 2 is 1.31 bits per heavy atom. The predicted molar refractivity (Wildman–Crippen MR) is 162 cm³/mol. The molecule has 0 saturated heterocycles. The van der Waals surface area contributed by atoms with Crippen LogP contribution in [0, 0.1) is 0 Å². The first-order chi connectivity index (χ1) is 20.1. The van der Waals surface area contributed by atoms with Crippen molar-refractivity contribution in [3.05, 3.63) is 24.3 Å². The molecule has 0 aromatic rings. The number of phosphoric acid groups is 1. The van der Waals surface area contributed by atoms with Gasteiger partial charge >= 0.3 is 19.8 Å². The van der Waals surface area contributed by atoms with Gasteiger partial charge < -0.3 is 25.2 Å². The summed E-state index contributed by atoms with van der Waals surface area (Å²) in [4.78, 5) is 43.5. The highest BCUT2D eigenvalue weighted by Crippen LogP contribution is 2.43. The van der Waals surface area contributed by atoms with Crippen molar-refractivity contribution in [3.8, 4) is 0 Å². The smallest absolute Gasteiger partial charge is 0.472 e. The van der Waals surface area contributed by atoms with E-state index in [4.69, 9.17) is 9.84 Å². The number of ether oxygens (including phenoxy) is 1. The first-order valence-corrected chi connectivity index (χ1v) is 16.8. The van der Waals surface area contributed by atoms with Crippen LogP contribution in [0.4, 0.5) is 0 Å². The molecule has 0 aliphatic heterocycles. The Morgan fingerprint density at radius 1 is 0.786 bits per heavy atom.